The predicted octanol–water partition coefficient (Wildman–Crippen LogP) is 13.8. The Kier molecular flexibility index (Phi) is 6.56. The fraction of sp³-hybridized carbons (Fsp3) is 0.0612. The van der Waals surface area contributed by atoms with Gasteiger partial charge in [0.2, 0.25) is 0 Å². The van der Waals surface area contributed by atoms with Crippen molar-refractivity contribution in [2.24, 2.45) is 0 Å². The minimum atomic E-state index is -0.118. The highest BCUT2D eigenvalue weighted by Crippen LogP contribution is 2.53. The van der Waals surface area contributed by atoms with Crippen LogP contribution in [0.1, 0.15) is 25.0 Å². The van der Waals surface area contributed by atoms with Gasteiger partial charge in [-0.15, -0.1) is 0 Å². The second kappa shape index (κ2) is 11.3. The average molecular weight is 654 g/mol. The van der Waals surface area contributed by atoms with E-state index in [2.05, 4.69) is 189 Å². The topological polar surface area (TPSA) is 16.4 Å². The van der Waals surface area contributed by atoms with Crippen molar-refractivity contribution in [2.45, 2.75) is 19.3 Å². The van der Waals surface area contributed by atoms with E-state index in [1.54, 1.807) is 0 Å². The van der Waals surface area contributed by atoms with Crippen molar-refractivity contribution < 1.29 is 4.42 Å². The van der Waals surface area contributed by atoms with E-state index in [1.165, 1.54) is 55.3 Å². The number of benzene rings is 8. The molecule has 0 unspecified atom stereocenters. The molecule has 1 heterocycles. The first-order valence-electron chi connectivity index (χ1n) is 17.7. The molecule has 0 bridgehead atoms. The van der Waals surface area contributed by atoms with Gasteiger partial charge in [-0.25, -0.2) is 0 Å². The maximum atomic E-state index is 6.35. The Morgan fingerprint density at radius 3 is 1.88 bits per heavy atom. The van der Waals surface area contributed by atoms with Crippen LogP contribution in [-0.2, 0) is 5.41 Å². The quantitative estimate of drug-likeness (QED) is 0.184. The van der Waals surface area contributed by atoms with E-state index < -0.39 is 0 Å². The minimum Gasteiger partial charge on any atom is -0.456 e. The highest BCUT2D eigenvalue weighted by molar-refractivity contribution is 6.19. The lowest BCUT2D eigenvalue weighted by atomic mass is 9.81. The van der Waals surface area contributed by atoms with Gasteiger partial charge in [0.15, 0.2) is 0 Å². The summed E-state index contributed by atoms with van der Waals surface area (Å²) in [6, 6.07) is 63.8. The smallest absolute Gasteiger partial charge is 0.136 e. The number of hydrogen-bond acceptors (Lipinski definition) is 2. The lowest BCUT2D eigenvalue weighted by Crippen LogP contribution is -2.16. The van der Waals surface area contributed by atoms with E-state index in [0.29, 0.717) is 0 Å². The molecule has 10 rings (SSSR count). The van der Waals surface area contributed by atoms with Gasteiger partial charge in [0.05, 0.1) is 5.69 Å². The number of hydrogen-bond donors (Lipinski definition) is 0. The third-order valence-electron chi connectivity index (χ3n) is 10.9. The summed E-state index contributed by atoms with van der Waals surface area (Å²) >= 11 is 0. The van der Waals surface area contributed by atoms with Gasteiger partial charge in [0.1, 0.15) is 11.2 Å². The second-order valence-electron chi connectivity index (χ2n) is 14.1. The van der Waals surface area contributed by atoms with Crippen LogP contribution in [-0.4, -0.2) is 0 Å². The van der Waals surface area contributed by atoms with Crippen molar-refractivity contribution in [3.63, 3.8) is 0 Å². The minimum absolute atomic E-state index is 0.118. The summed E-state index contributed by atoms with van der Waals surface area (Å²) in [5.74, 6) is 0. The highest BCUT2D eigenvalue weighted by Gasteiger charge is 2.37. The molecule has 2 nitrogen and oxygen atoms in total. The number of fused-ring (bicyclic) bond motifs is 8. The van der Waals surface area contributed by atoms with E-state index in [0.717, 1.165) is 39.0 Å². The van der Waals surface area contributed by atoms with Crippen LogP contribution in [0.2, 0.25) is 0 Å². The molecule has 0 saturated carbocycles. The molecule has 51 heavy (non-hydrogen) atoms. The first-order chi connectivity index (χ1) is 25.0. The number of furan rings is 1. The van der Waals surface area contributed by atoms with E-state index >= 15 is 0 Å². The molecule has 0 saturated heterocycles. The Morgan fingerprint density at radius 2 is 1.08 bits per heavy atom. The number of anilines is 3. The average Bonchev–Trinajstić information content (AvgIpc) is 3.68. The first-order valence-corrected chi connectivity index (χ1v) is 17.7. The number of nitrogens with zero attached hydrogens (tertiary/aromatic N) is 1. The second-order valence-corrected chi connectivity index (χ2v) is 14.1. The molecule has 0 aliphatic heterocycles. The Bertz CT molecular complexity index is 2760. The SMILES string of the molecule is CC1(C)c2ccccc2-c2cc(N(c3ccc(-c4ccccc4)cc3)c3ccc4ccc5oc6ccccc6c5c4c3)c(-c3ccccc3)cc21. The first kappa shape index (κ1) is 29.5. The third kappa shape index (κ3) is 4.64. The zero-order chi connectivity index (χ0) is 34.1. The van der Waals surface area contributed by atoms with Gasteiger partial charge in [-0.3, -0.25) is 0 Å². The van der Waals surface area contributed by atoms with Gasteiger partial charge >= 0.3 is 0 Å². The third-order valence-corrected chi connectivity index (χ3v) is 10.9. The van der Waals surface area contributed by atoms with Gasteiger partial charge in [-0.2, -0.15) is 0 Å². The summed E-state index contributed by atoms with van der Waals surface area (Å²) in [7, 11) is 0. The van der Waals surface area contributed by atoms with Crippen molar-refractivity contribution in [1.82, 2.24) is 0 Å². The predicted molar refractivity (Wildman–Crippen MR) is 214 cm³/mol. The van der Waals surface area contributed by atoms with Gasteiger partial charge in [-0.05, 0) is 98.2 Å². The van der Waals surface area contributed by atoms with Crippen LogP contribution in [0, 0.1) is 0 Å². The van der Waals surface area contributed by atoms with Gasteiger partial charge in [-0.1, -0.05) is 141 Å². The van der Waals surface area contributed by atoms with Gasteiger partial charge in [0.25, 0.3) is 0 Å². The normalized spacial score (nSPS) is 13.1. The molecule has 0 atom stereocenters. The van der Waals surface area contributed by atoms with Gasteiger partial charge in [0, 0.05) is 33.1 Å². The van der Waals surface area contributed by atoms with Crippen LogP contribution in [0.4, 0.5) is 17.1 Å². The summed E-state index contributed by atoms with van der Waals surface area (Å²) in [6.07, 6.45) is 0. The Morgan fingerprint density at radius 1 is 0.431 bits per heavy atom. The van der Waals surface area contributed by atoms with Crippen LogP contribution in [0.5, 0.6) is 0 Å². The summed E-state index contributed by atoms with van der Waals surface area (Å²) in [5.41, 5.74) is 15.1. The van der Waals surface area contributed by atoms with Crippen LogP contribution < -0.4 is 4.90 Å². The highest BCUT2D eigenvalue weighted by atomic mass is 16.3. The maximum Gasteiger partial charge on any atom is 0.136 e. The Balaban J connectivity index is 1.27. The van der Waals surface area contributed by atoms with Crippen molar-refractivity contribution >= 4 is 49.8 Å². The molecule has 9 aromatic rings. The number of para-hydroxylation sites is 1. The van der Waals surface area contributed by atoms with Crippen molar-refractivity contribution in [3.05, 3.63) is 187 Å². The molecule has 0 fully saturated rings. The van der Waals surface area contributed by atoms with E-state index in [1.807, 2.05) is 6.07 Å². The Labute approximate surface area is 297 Å². The molecule has 8 aromatic carbocycles. The molecule has 1 aromatic heterocycles. The lowest BCUT2D eigenvalue weighted by Gasteiger charge is -2.30. The summed E-state index contributed by atoms with van der Waals surface area (Å²) in [6.45, 7) is 4.71. The van der Waals surface area contributed by atoms with E-state index in [9.17, 15) is 0 Å². The molecule has 1 aliphatic rings. The maximum absolute atomic E-state index is 6.35. The number of rotatable bonds is 5. The van der Waals surface area contributed by atoms with E-state index in [-0.39, 0.29) is 5.41 Å². The fourth-order valence-electron chi connectivity index (χ4n) is 8.30. The monoisotopic (exact) mass is 653 g/mol. The molecular weight excluding hydrogens is 619 g/mol. The Hall–Kier alpha value is -6.38. The molecule has 0 radical (unpaired) electrons. The molecule has 0 spiro atoms. The fourth-order valence-corrected chi connectivity index (χ4v) is 8.30. The van der Waals surface area contributed by atoms with Gasteiger partial charge < -0.3 is 9.32 Å². The zero-order valence-electron chi connectivity index (χ0n) is 28.6. The zero-order valence-corrected chi connectivity index (χ0v) is 28.6. The van der Waals surface area contributed by atoms with Crippen LogP contribution in [0.15, 0.2) is 180 Å². The molecule has 242 valence electrons. The van der Waals surface area contributed by atoms with Crippen LogP contribution in [0.25, 0.3) is 66.1 Å². The summed E-state index contributed by atoms with van der Waals surface area (Å²) in [5, 5.41) is 4.65. The van der Waals surface area contributed by atoms with Crippen molar-refractivity contribution in [1.29, 1.82) is 0 Å². The molecule has 0 N–H and O–H groups in total. The summed E-state index contributed by atoms with van der Waals surface area (Å²) in [4.78, 5) is 2.45. The van der Waals surface area contributed by atoms with Crippen LogP contribution >= 0.6 is 0 Å². The van der Waals surface area contributed by atoms with E-state index in [4.69, 9.17) is 4.42 Å². The van der Waals surface area contributed by atoms with Crippen molar-refractivity contribution in [3.8, 4) is 33.4 Å². The van der Waals surface area contributed by atoms with Crippen LogP contribution in [0.3, 0.4) is 0 Å². The van der Waals surface area contributed by atoms with Crippen molar-refractivity contribution in [2.75, 3.05) is 4.90 Å². The molecule has 0 amide bonds. The largest absolute Gasteiger partial charge is 0.456 e. The standard InChI is InChI=1S/C49H35NO/c1-49(2)43-19-11-9-17-38(43)42-31-45(40(30-44(42)49)34-15-7-4-8-16-34)50(36-25-21-33(22-26-36)32-13-5-3-6-14-32)37-27-23-35-24-28-47-48(41(35)29-37)39-18-10-12-20-46(39)51-47/h3-31H,1-2H3. The lowest BCUT2D eigenvalue weighted by molar-refractivity contribution is 0.660. The molecule has 1 aliphatic carbocycles. The molecule has 2 heteroatoms. The molecular formula is C49H35NO. The summed E-state index contributed by atoms with van der Waals surface area (Å²) < 4.78 is 6.35.